The molecule has 0 spiro atoms. The number of carbonyl (C=O) groups excluding carboxylic acids is 1. The minimum Gasteiger partial charge on any atom is -0.355 e. The van der Waals surface area contributed by atoms with Crippen molar-refractivity contribution in [2.45, 2.75) is 11.3 Å². The largest absolute Gasteiger partial charge is 0.355 e. The molecule has 2 aromatic carbocycles. The fourth-order valence-electron chi connectivity index (χ4n) is 2.71. The van der Waals surface area contributed by atoms with E-state index in [-0.39, 0.29) is 23.3 Å². The van der Waals surface area contributed by atoms with E-state index in [0.717, 1.165) is 15.6 Å². The van der Waals surface area contributed by atoms with E-state index in [9.17, 15) is 13.6 Å². The summed E-state index contributed by atoms with van der Waals surface area (Å²) in [7, 11) is 0. The number of nitrogens with zero attached hydrogens (tertiary/aromatic N) is 3. The fourth-order valence-corrected chi connectivity index (χ4v) is 4.29. The van der Waals surface area contributed by atoms with Crippen molar-refractivity contribution in [1.29, 1.82) is 0 Å². The maximum Gasteiger partial charge on any atom is 0.230 e. The van der Waals surface area contributed by atoms with Crippen LogP contribution in [-0.2, 0) is 11.2 Å². The highest BCUT2D eigenvalue weighted by atomic mass is 32.2. The molecule has 0 radical (unpaired) electrons. The molecule has 4 aromatic rings. The van der Waals surface area contributed by atoms with Crippen molar-refractivity contribution >= 4 is 34.0 Å². The third-order valence-corrected chi connectivity index (χ3v) is 6.00. The highest BCUT2D eigenvalue weighted by Crippen LogP contribution is 2.22. The van der Waals surface area contributed by atoms with Gasteiger partial charge >= 0.3 is 0 Å². The molecule has 5 nitrogen and oxygen atoms in total. The Morgan fingerprint density at radius 2 is 1.97 bits per heavy atom. The molecule has 0 saturated heterocycles. The lowest BCUT2D eigenvalue weighted by Gasteiger charge is -2.05. The van der Waals surface area contributed by atoms with Gasteiger partial charge in [-0.1, -0.05) is 12.1 Å². The maximum atomic E-state index is 13.4. The van der Waals surface area contributed by atoms with E-state index in [1.807, 2.05) is 5.38 Å². The SMILES string of the molecule is O=C(CSc1ccc(F)cc1)NCCc1csc2nc(-c3cccc(F)c3)nn12. The summed E-state index contributed by atoms with van der Waals surface area (Å²) in [6.45, 7) is 0.462. The van der Waals surface area contributed by atoms with E-state index in [4.69, 9.17) is 0 Å². The topological polar surface area (TPSA) is 59.3 Å². The predicted molar refractivity (Wildman–Crippen MR) is 110 cm³/mol. The number of hydrogen-bond donors (Lipinski definition) is 1. The summed E-state index contributed by atoms with van der Waals surface area (Å²) in [6, 6.07) is 12.2. The van der Waals surface area contributed by atoms with Gasteiger partial charge in [0.2, 0.25) is 10.9 Å². The number of halogens is 2. The molecule has 9 heteroatoms. The molecule has 0 bridgehead atoms. The lowest BCUT2D eigenvalue weighted by atomic mass is 10.2. The van der Waals surface area contributed by atoms with Crippen molar-refractivity contribution in [3.8, 4) is 11.4 Å². The molecule has 0 aliphatic carbocycles. The summed E-state index contributed by atoms with van der Waals surface area (Å²) in [5.41, 5.74) is 1.55. The zero-order valence-electron chi connectivity index (χ0n) is 15.1. The third kappa shape index (κ3) is 4.80. The second-order valence-corrected chi connectivity index (χ2v) is 8.10. The molecule has 29 heavy (non-hydrogen) atoms. The Hall–Kier alpha value is -2.78. The van der Waals surface area contributed by atoms with Crippen LogP contribution in [0.1, 0.15) is 5.69 Å². The first-order valence-electron chi connectivity index (χ1n) is 8.82. The van der Waals surface area contributed by atoms with Gasteiger partial charge in [-0.25, -0.2) is 13.3 Å². The molecule has 1 amide bonds. The van der Waals surface area contributed by atoms with Gasteiger partial charge in [0.1, 0.15) is 11.6 Å². The number of thiazole rings is 1. The van der Waals surface area contributed by atoms with E-state index < -0.39 is 0 Å². The number of hydrogen-bond acceptors (Lipinski definition) is 5. The molecule has 148 valence electrons. The van der Waals surface area contributed by atoms with Gasteiger partial charge in [-0.05, 0) is 36.4 Å². The number of thioether (sulfide) groups is 1. The molecule has 2 heterocycles. The van der Waals surface area contributed by atoms with Crippen LogP contribution in [-0.4, -0.2) is 32.8 Å². The van der Waals surface area contributed by atoms with Gasteiger partial charge in [0.05, 0.1) is 11.4 Å². The van der Waals surface area contributed by atoms with Crippen molar-refractivity contribution in [2.24, 2.45) is 0 Å². The minimum atomic E-state index is -0.331. The average Bonchev–Trinajstić information content (AvgIpc) is 3.29. The molecular formula is C20H16F2N4OS2. The van der Waals surface area contributed by atoms with Crippen molar-refractivity contribution in [3.63, 3.8) is 0 Å². The Balaban J connectivity index is 1.32. The lowest BCUT2D eigenvalue weighted by molar-refractivity contribution is -0.118. The number of nitrogens with one attached hydrogen (secondary N) is 1. The number of benzene rings is 2. The van der Waals surface area contributed by atoms with Crippen LogP contribution < -0.4 is 5.32 Å². The second kappa shape index (κ2) is 8.71. The van der Waals surface area contributed by atoms with E-state index in [2.05, 4.69) is 15.4 Å². The zero-order chi connectivity index (χ0) is 20.2. The standard InChI is InChI=1S/C20H16F2N4OS2/c21-14-4-6-17(7-5-14)28-12-18(27)23-9-8-16-11-29-20-24-19(25-26(16)20)13-2-1-3-15(22)10-13/h1-7,10-11H,8-9,12H2,(H,23,27). The molecule has 0 aliphatic heterocycles. The van der Waals surface area contributed by atoms with Crippen LogP contribution in [0.15, 0.2) is 58.8 Å². The number of carbonyl (C=O) groups is 1. The molecule has 0 atom stereocenters. The molecular weight excluding hydrogens is 414 g/mol. The van der Waals surface area contributed by atoms with Gasteiger partial charge in [0.25, 0.3) is 0 Å². The molecule has 2 aromatic heterocycles. The molecule has 0 fully saturated rings. The quantitative estimate of drug-likeness (QED) is 0.447. The number of rotatable bonds is 7. The van der Waals surface area contributed by atoms with Crippen molar-refractivity contribution in [1.82, 2.24) is 19.9 Å². The summed E-state index contributed by atoms with van der Waals surface area (Å²) in [6.07, 6.45) is 0.596. The average molecular weight is 431 g/mol. The second-order valence-electron chi connectivity index (χ2n) is 6.21. The molecule has 0 aliphatic rings. The summed E-state index contributed by atoms with van der Waals surface area (Å²) < 4.78 is 28.1. The Morgan fingerprint density at radius 3 is 2.76 bits per heavy atom. The van der Waals surface area contributed by atoms with Crippen molar-refractivity contribution in [3.05, 3.63) is 71.2 Å². The van der Waals surface area contributed by atoms with Gasteiger partial charge < -0.3 is 5.32 Å². The van der Waals surface area contributed by atoms with Crippen LogP contribution in [0.5, 0.6) is 0 Å². The van der Waals surface area contributed by atoms with Crippen LogP contribution >= 0.6 is 23.1 Å². The van der Waals surface area contributed by atoms with E-state index in [1.54, 1.807) is 28.8 Å². The monoisotopic (exact) mass is 430 g/mol. The van der Waals surface area contributed by atoms with Gasteiger partial charge in [-0.15, -0.1) is 28.2 Å². The Kier molecular flexibility index (Phi) is 5.86. The molecule has 4 rings (SSSR count). The van der Waals surface area contributed by atoms with E-state index in [0.29, 0.717) is 24.4 Å². The lowest BCUT2D eigenvalue weighted by Crippen LogP contribution is -2.27. The first-order chi connectivity index (χ1) is 14.1. The summed E-state index contributed by atoms with van der Waals surface area (Å²) in [4.78, 5) is 18.0. The van der Waals surface area contributed by atoms with Gasteiger partial charge in [0, 0.05) is 28.8 Å². The number of amides is 1. The summed E-state index contributed by atoms with van der Waals surface area (Å²) in [5, 5.41) is 9.29. The maximum absolute atomic E-state index is 13.4. The Labute approximate surface area is 173 Å². The minimum absolute atomic E-state index is 0.0927. The zero-order valence-corrected chi connectivity index (χ0v) is 16.8. The van der Waals surface area contributed by atoms with Gasteiger partial charge in [0.15, 0.2) is 5.82 Å². The fraction of sp³-hybridized carbons (Fsp3) is 0.150. The van der Waals surface area contributed by atoms with Crippen LogP contribution in [0.3, 0.4) is 0 Å². The molecule has 0 unspecified atom stereocenters. The summed E-state index contributed by atoms with van der Waals surface area (Å²) >= 11 is 2.80. The van der Waals surface area contributed by atoms with Crippen LogP contribution in [0.4, 0.5) is 8.78 Å². The van der Waals surface area contributed by atoms with Crippen LogP contribution in [0.25, 0.3) is 16.3 Å². The molecule has 0 saturated carbocycles. The smallest absolute Gasteiger partial charge is 0.230 e. The third-order valence-electron chi connectivity index (χ3n) is 4.12. The van der Waals surface area contributed by atoms with Crippen molar-refractivity contribution in [2.75, 3.05) is 12.3 Å². The highest BCUT2D eigenvalue weighted by Gasteiger charge is 2.12. The van der Waals surface area contributed by atoms with E-state index >= 15 is 0 Å². The Morgan fingerprint density at radius 1 is 1.14 bits per heavy atom. The summed E-state index contributed by atoms with van der Waals surface area (Å²) in [5.74, 6) is 0.0105. The normalized spacial score (nSPS) is 11.1. The van der Waals surface area contributed by atoms with E-state index in [1.165, 1.54) is 47.4 Å². The first-order valence-corrected chi connectivity index (χ1v) is 10.7. The van der Waals surface area contributed by atoms with Crippen LogP contribution in [0.2, 0.25) is 0 Å². The first kappa shape index (κ1) is 19.5. The predicted octanol–water partition coefficient (Wildman–Crippen LogP) is 4.19. The highest BCUT2D eigenvalue weighted by molar-refractivity contribution is 8.00. The molecule has 1 N–H and O–H groups in total. The van der Waals surface area contributed by atoms with Crippen LogP contribution in [0, 0.1) is 11.6 Å². The number of fused-ring (bicyclic) bond motifs is 1. The van der Waals surface area contributed by atoms with Gasteiger partial charge in [-0.3, -0.25) is 4.79 Å². The van der Waals surface area contributed by atoms with Crippen molar-refractivity contribution < 1.29 is 13.6 Å². The number of aromatic nitrogens is 3. The van der Waals surface area contributed by atoms with Gasteiger partial charge in [-0.2, -0.15) is 4.98 Å². The Bertz CT molecular complexity index is 1140.